The van der Waals surface area contributed by atoms with E-state index in [2.05, 4.69) is 9.97 Å². The number of anilines is 1. The van der Waals surface area contributed by atoms with Crippen molar-refractivity contribution in [3.63, 3.8) is 0 Å². The molecule has 0 spiro atoms. The number of nitro benzene ring substituents is 1. The first-order chi connectivity index (χ1) is 12.8. The fourth-order valence-corrected chi connectivity index (χ4v) is 2.64. The Kier molecular flexibility index (Phi) is 5.89. The Morgan fingerprint density at radius 3 is 2.67 bits per heavy atom. The monoisotopic (exact) mass is 383 g/mol. The van der Waals surface area contributed by atoms with E-state index < -0.39 is 34.1 Å². The van der Waals surface area contributed by atoms with Crippen molar-refractivity contribution in [3.8, 4) is 11.8 Å². The molecule has 2 heterocycles. The van der Waals surface area contributed by atoms with Crippen molar-refractivity contribution in [1.82, 2.24) is 9.97 Å². The Hall–Kier alpha value is -3.29. The van der Waals surface area contributed by atoms with Gasteiger partial charge in [0.25, 0.3) is 5.69 Å². The molecule has 1 aromatic carbocycles. The van der Waals surface area contributed by atoms with Crippen molar-refractivity contribution in [3.05, 3.63) is 46.0 Å². The molecule has 8 nitrogen and oxygen atoms in total. The lowest BCUT2D eigenvalue weighted by Crippen LogP contribution is -2.36. The van der Waals surface area contributed by atoms with Crippen molar-refractivity contribution < 1.29 is 22.8 Å². The number of fused-ring (bicyclic) bond motifs is 1. The van der Waals surface area contributed by atoms with E-state index in [0.29, 0.717) is 11.8 Å². The Morgan fingerprint density at radius 2 is 2.15 bits per heavy atom. The molecule has 27 heavy (non-hydrogen) atoms. The third-order valence-corrected chi connectivity index (χ3v) is 3.71. The number of benzene rings is 1. The van der Waals surface area contributed by atoms with Crippen LogP contribution < -0.4 is 9.64 Å². The van der Waals surface area contributed by atoms with Crippen LogP contribution in [-0.2, 0) is 6.18 Å². The second kappa shape index (κ2) is 7.94. The highest BCUT2D eigenvalue weighted by Crippen LogP contribution is 2.47. The molecular formula is C16H16F3N5O3. The van der Waals surface area contributed by atoms with E-state index in [4.69, 9.17) is 4.74 Å². The molecule has 0 saturated heterocycles. The van der Waals surface area contributed by atoms with E-state index in [9.17, 15) is 28.5 Å². The number of aromatic nitrogens is 2. The van der Waals surface area contributed by atoms with Gasteiger partial charge in [0, 0.05) is 12.1 Å². The van der Waals surface area contributed by atoms with E-state index in [-0.39, 0.29) is 18.8 Å². The number of alkyl halides is 3. The molecule has 1 aromatic heterocycles. The van der Waals surface area contributed by atoms with Gasteiger partial charge in [0.15, 0.2) is 11.8 Å². The van der Waals surface area contributed by atoms with Crippen LogP contribution in [0.2, 0.25) is 0 Å². The molecule has 1 atom stereocenters. The predicted molar refractivity (Wildman–Crippen MR) is 89.2 cm³/mol. The maximum atomic E-state index is 13.3. The van der Waals surface area contributed by atoms with Gasteiger partial charge in [0.2, 0.25) is 0 Å². The molecule has 1 aliphatic heterocycles. The number of non-ortho nitro benzene ring substituents is 1. The van der Waals surface area contributed by atoms with Gasteiger partial charge in [0.05, 0.1) is 41.4 Å². The molecule has 0 bridgehead atoms. The van der Waals surface area contributed by atoms with Gasteiger partial charge in [-0.2, -0.15) is 18.4 Å². The number of H-pyrrole nitrogens is 1. The van der Waals surface area contributed by atoms with E-state index in [0.717, 1.165) is 6.07 Å². The standard InChI is InChI=1S/C14H10F3N5O3.C2H6/c15-14(16,17)9-3-8(22(23)24)4-11-13(9)25-2-1-21(11)12(5-18)10-6-19-7-20-10;1-2/h3-4,6-7,12H,1-2H2,(H,19,20);1-2H3. The number of nitro groups is 1. The van der Waals surface area contributed by atoms with Crippen molar-refractivity contribution >= 4 is 11.4 Å². The molecule has 11 heteroatoms. The molecule has 0 amide bonds. The Morgan fingerprint density at radius 1 is 1.44 bits per heavy atom. The zero-order chi connectivity index (χ0) is 20.2. The summed E-state index contributed by atoms with van der Waals surface area (Å²) in [5, 5.41) is 20.5. The average Bonchev–Trinajstić information content (AvgIpc) is 3.17. The van der Waals surface area contributed by atoms with E-state index in [1.165, 1.54) is 17.4 Å². The molecule has 144 valence electrons. The van der Waals surface area contributed by atoms with Gasteiger partial charge in [-0.25, -0.2) is 4.98 Å². The summed E-state index contributed by atoms with van der Waals surface area (Å²) in [5.41, 5.74) is -1.78. The van der Waals surface area contributed by atoms with E-state index >= 15 is 0 Å². The second-order valence-electron chi connectivity index (χ2n) is 5.18. The Labute approximate surface area is 152 Å². The van der Waals surface area contributed by atoms with Gasteiger partial charge in [-0.05, 0) is 0 Å². The Bertz CT molecular complexity index is 846. The van der Waals surface area contributed by atoms with Gasteiger partial charge in [-0.1, -0.05) is 13.8 Å². The molecular weight excluding hydrogens is 367 g/mol. The number of halogens is 3. The first kappa shape index (κ1) is 20.0. The topological polar surface area (TPSA) is 108 Å². The van der Waals surface area contributed by atoms with Crippen molar-refractivity contribution in [2.45, 2.75) is 26.1 Å². The zero-order valence-corrected chi connectivity index (χ0v) is 14.4. The molecule has 1 aliphatic rings. The highest BCUT2D eigenvalue weighted by atomic mass is 19.4. The highest BCUT2D eigenvalue weighted by Gasteiger charge is 2.41. The first-order valence-electron chi connectivity index (χ1n) is 8.00. The smallest absolute Gasteiger partial charge is 0.420 e. The minimum atomic E-state index is -4.84. The number of rotatable bonds is 3. The SMILES string of the molecule is CC.N#CC(c1cnc[nH]1)N1CCOc2c1cc([N+](=O)[O-])cc2C(F)(F)F. The van der Waals surface area contributed by atoms with Crippen molar-refractivity contribution in [1.29, 1.82) is 5.26 Å². The van der Waals surface area contributed by atoms with Gasteiger partial charge in [-0.15, -0.1) is 0 Å². The lowest BCUT2D eigenvalue weighted by Gasteiger charge is -2.34. The molecule has 0 radical (unpaired) electrons. The molecule has 1 unspecified atom stereocenters. The van der Waals surface area contributed by atoms with Crippen molar-refractivity contribution in [2.75, 3.05) is 18.1 Å². The Balaban J connectivity index is 0.00000126. The summed E-state index contributed by atoms with van der Waals surface area (Å²) in [6.07, 6.45) is -2.14. The third-order valence-electron chi connectivity index (χ3n) is 3.71. The number of ether oxygens (including phenoxy) is 1. The largest absolute Gasteiger partial charge is 0.489 e. The van der Waals surface area contributed by atoms with Crippen molar-refractivity contribution in [2.24, 2.45) is 0 Å². The summed E-state index contributed by atoms with van der Waals surface area (Å²) in [7, 11) is 0. The quantitative estimate of drug-likeness (QED) is 0.637. The minimum Gasteiger partial charge on any atom is -0.489 e. The van der Waals surface area contributed by atoms with Crippen LogP contribution in [0.3, 0.4) is 0 Å². The molecule has 0 aliphatic carbocycles. The van der Waals surface area contributed by atoms with Crippen LogP contribution in [0.1, 0.15) is 31.1 Å². The van der Waals surface area contributed by atoms with Gasteiger partial charge < -0.3 is 14.6 Å². The van der Waals surface area contributed by atoms with Gasteiger partial charge in [-0.3, -0.25) is 10.1 Å². The number of nitriles is 1. The fourth-order valence-electron chi connectivity index (χ4n) is 2.64. The average molecular weight is 383 g/mol. The predicted octanol–water partition coefficient (Wildman–Crippen LogP) is 3.83. The lowest BCUT2D eigenvalue weighted by atomic mass is 10.1. The summed E-state index contributed by atoms with van der Waals surface area (Å²) in [6.45, 7) is 3.99. The van der Waals surface area contributed by atoms with Crippen LogP contribution in [0.15, 0.2) is 24.7 Å². The van der Waals surface area contributed by atoms with Crippen LogP contribution in [-0.4, -0.2) is 28.0 Å². The minimum absolute atomic E-state index is 0.0860. The first-order valence-corrected chi connectivity index (χ1v) is 8.00. The maximum Gasteiger partial charge on any atom is 0.420 e. The molecule has 2 aromatic rings. The lowest BCUT2D eigenvalue weighted by molar-refractivity contribution is -0.385. The second-order valence-corrected chi connectivity index (χ2v) is 5.18. The third kappa shape index (κ3) is 3.94. The van der Waals surface area contributed by atoms with Crippen LogP contribution in [0.25, 0.3) is 0 Å². The van der Waals surface area contributed by atoms with Crippen LogP contribution in [0.4, 0.5) is 24.5 Å². The molecule has 0 saturated carbocycles. The normalized spacial score (nSPS) is 14.1. The highest BCUT2D eigenvalue weighted by molar-refractivity contribution is 5.69. The number of hydrogen-bond acceptors (Lipinski definition) is 6. The number of nitrogens with one attached hydrogen (secondary N) is 1. The summed E-state index contributed by atoms with van der Waals surface area (Å²) in [4.78, 5) is 18.0. The molecule has 0 fully saturated rings. The summed E-state index contributed by atoms with van der Waals surface area (Å²) >= 11 is 0. The van der Waals surface area contributed by atoms with Crippen LogP contribution in [0.5, 0.6) is 5.75 Å². The zero-order valence-electron chi connectivity index (χ0n) is 14.4. The summed E-state index contributed by atoms with van der Waals surface area (Å²) in [6, 6.07) is 2.38. The number of imidazole rings is 1. The summed E-state index contributed by atoms with van der Waals surface area (Å²) in [5.74, 6) is -0.524. The van der Waals surface area contributed by atoms with Crippen LogP contribution in [0, 0.1) is 21.4 Å². The van der Waals surface area contributed by atoms with Gasteiger partial charge >= 0.3 is 6.18 Å². The summed E-state index contributed by atoms with van der Waals surface area (Å²) < 4.78 is 45.0. The number of aromatic amines is 1. The fraction of sp³-hybridized carbons (Fsp3) is 0.375. The molecule has 1 N–H and O–H groups in total. The number of nitrogens with zero attached hydrogens (tertiary/aromatic N) is 4. The molecule has 3 rings (SSSR count). The maximum absolute atomic E-state index is 13.3. The van der Waals surface area contributed by atoms with E-state index in [1.54, 1.807) is 0 Å². The number of hydrogen-bond donors (Lipinski definition) is 1. The van der Waals surface area contributed by atoms with E-state index in [1.807, 2.05) is 19.9 Å². The van der Waals surface area contributed by atoms with Gasteiger partial charge in [0.1, 0.15) is 12.2 Å². The van der Waals surface area contributed by atoms with Crippen LogP contribution >= 0.6 is 0 Å².